The van der Waals surface area contributed by atoms with Crippen LogP contribution in [0.25, 0.3) is 0 Å². The van der Waals surface area contributed by atoms with Gasteiger partial charge in [-0.2, -0.15) is 0 Å². The van der Waals surface area contributed by atoms with Crippen molar-refractivity contribution < 1.29 is 9.90 Å². The molecule has 3 unspecified atom stereocenters. The molecular formula is C14H22N2O2. The molecule has 0 fully saturated rings. The second kappa shape index (κ2) is 7.13. The van der Waals surface area contributed by atoms with Gasteiger partial charge >= 0.3 is 5.97 Å². The fraction of sp³-hybridized carbons (Fsp3) is 0.500. The number of rotatable bonds is 7. The van der Waals surface area contributed by atoms with Crippen LogP contribution in [0.4, 0.5) is 0 Å². The fourth-order valence-electron chi connectivity index (χ4n) is 1.97. The Labute approximate surface area is 108 Å². The van der Waals surface area contributed by atoms with Crippen molar-refractivity contribution in [2.75, 3.05) is 0 Å². The molecule has 4 heteroatoms. The van der Waals surface area contributed by atoms with E-state index in [0.717, 1.165) is 12.8 Å². The second-order valence-corrected chi connectivity index (χ2v) is 4.89. The van der Waals surface area contributed by atoms with Crippen molar-refractivity contribution in [2.45, 2.75) is 38.3 Å². The highest BCUT2D eigenvalue weighted by Gasteiger charge is 2.22. The van der Waals surface area contributed by atoms with E-state index in [0.29, 0.717) is 12.3 Å². The van der Waals surface area contributed by atoms with E-state index in [-0.39, 0.29) is 0 Å². The van der Waals surface area contributed by atoms with E-state index in [1.165, 1.54) is 5.56 Å². The van der Waals surface area contributed by atoms with Gasteiger partial charge in [-0.3, -0.25) is 4.79 Å². The summed E-state index contributed by atoms with van der Waals surface area (Å²) in [5.74, 6) is -0.664. The van der Waals surface area contributed by atoms with Crippen molar-refractivity contribution in [3.63, 3.8) is 0 Å². The van der Waals surface area contributed by atoms with Gasteiger partial charge in [0.2, 0.25) is 0 Å². The van der Waals surface area contributed by atoms with Gasteiger partial charge < -0.3 is 16.6 Å². The number of aryl methyl sites for hydroxylation is 1. The molecule has 0 aliphatic carbocycles. The molecule has 0 radical (unpaired) electrons. The average Bonchev–Trinajstić information content (AvgIpc) is 2.36. The molecule has 3 atom stereocenters. The Balaban J connectivity index is 2.33. The Morgan fingerprint density at radius 3 is 2.44 bits per heavy atom. The third-order valence-corrected chi connectivity index (χ3v) is 3.19. The van der Waals surface area contributed by atoms with Gasteiger partial charge in [-0.25, -0.2) is 0 Å². The van der Waals surface area contributed by atoms with Gasteiger partial charge in [0.15, 0.2) is 0 Å². The van der Waals surface area contributed by atoms with Gasteiger partial charge in [0.05, 0.1) is 0 Å². The Morgan fingerprint density at radius 2 is 1.89 bits per heavy atom. The third-order valence-electron chi connectivity index (χ3n) is 3.19. The molecule has 0 heterocycles. The monoisotopic (exact) mass is 250 g/mol. The number of nitrogens with two attached hydrogens (primary N) is 2. The molecule has 0 aliphatic heterocycles. The van der Waals surface area contributed by atoms with Gasteiger partial charge in [-0.15, -0.1) is 0 Å². The minimum atomic E-state index is -1.03. The molecule has 1 aromatic rings. The highest BCUT2D eigenvalue weighted by Crippen LogP contribution is 2.15. The molecule has 5 N–H and O–H groups in total. The molecule has 0 saturated carbocycles. The van der Waals surface area contributed by atoms with Gasteiger partial charge in [0, 0.05) is 6.04 Å². The average molecular weight is 250 g/mol. The number of aliphatic carboxylic acids is 1. The number of benzene rings is 1. The van der Waals surface area contributed by atoms with Crippen LogP contribution in [0.5, 0.6) is 0 Å². The lowest BCUT2D eigenvalue weighted by Crippen LogP contribution is -2.47. The molecule has 0 saturated heterocycles. The van der Waals surface area contributed by atoms with E-state index >= 15 is 0 Å². The van der Waals surface area contributed by atoms with Crippen LogP contribution < -0.4 is 11.5 Å². The minimum Gasteiger partial charge on any atom is -0.480 e. The fourth-order valence-corrected chi connectivity index (χ4v) is 1.97. The predicted octanol–water partition coefficient (Wildman–Crippen LogP) is 1.38. The Kier molecular flexibility index (Phi) is 5.82. The zero-order valence-corrected chi connectivity index (χ0v) is 10.8. The molecule has 0 spiro atoms. The summed E-state index contributed by atoms with van der Waals surface area (Å²) >= 11 is 0. The van der Waals surface area contributed by atoms with Crippen LogP contribution in [0.15, 0.2) is 30.3 Å². The van der Waals surface area contributed by atoms with Gasteiger partial charge in [-0.05, 0) is 30.7 Å². The Morgan fingerprint density at radius 1 is 1.28 bits per heavy atom. The van der Waals surface area contributed by atoms with Crippen molar-refractivity contribution in [1.82, 2.24) is 0 Å². The van der Waals surface area contributed by atoms with E-state index in [1.54, 1.807) is 0 Å². The molecular weight excluding hydrogens is 228 g/mol. The molecule has 1 aromatic carbocycles. The first-order valence-corrected chi connectivity index (χ1v) is 6.28. The molecule has 4 nitrogen and oxygen atoms in total. The van der Waals surface area contributed by atoms with E-state index in [1.807, 2.05) is 18.2 Å². The first-order valence-electron chi connectivity index (χ1n) is 6.28. The first-order chi connectivity index (χ1) is 8.50. The molecule has 0 aromatic heterocycles. The summed E-state index contributed by atoms with van der Waals surface area (Å²) in [6.45, 7) is 2.08. The summed E-state index contributed by atoms with van der Waals surface area (Å²) in [4.78, 5) is 10.7. The Hall–Kier alpha value is -1.39. The zero-order chi connectivity index (χ0) is 13.5. The van der Waals surface area contributed by atoms with Gasteiger partial charge in [0.25, 0.3) is 0 Å². The van der Waals surface area contributed by atoms with Crippen LogP contribution in [0.3, 0.4) is 0 Å². The lowest BCUT2D eigenvalue weighted by molar-refractivity contribution is -0.139. The summed E-state index contributed by atoms with van der Waals surface area (Å²) in [7, 11) is 0. The maximum atomic E-state index is 10.7. The SMILES string of the molecule is CC(CCc1ccccc1)CC(N)C(N)C(=O)O. The number of carboxylic acid groups (broad SMARTS) is 1. The van der Waals surface area contributed by atoms with Crippen LogP contribution in [0, 0.1) is 5.92 Å². The second-order valence-electron chi connectivity index (χ2n) is 4.89. The smallest absolute Gasteiger partial charge is 0.322 e. The third kappa shape index (κ3) is 4.85. The van der Waals surface area contributed by atoms with E-state index in [9.17, 15) is 4.79 Å². The lowest BCUT2D eigenvalue weighted by Gasteiger charge is -2.20. The molecule has 100 valence electrons. The summed E-state index contributed by atoms with van der Waals surface area (Å²) in [5, 5.41) is 8.77. The molecule has 0 aliphatic rings. The van der Waals surface area contributed by atoms with E-state index < -0.39 is 18.1 Å². The normalized spacial score (nSPS) is 15.9. The van der Waals surface area contributed by atoms with Crippen LogP contribution in [-0.4, -0.2) is 23.2 Å². The van der Waals surface area contributed by atoms with Crippen molar-refractivity contribution in [3.8, 4) is 0 Å². The van der Waals surface area contributed by atoms with Crippen molar-refractivity contribution in [1.29, 1.82) is 0 Å². The summed E-state index contributed by atoms with van der Waals surface area (Å²) in [6.07, 6.45) is 2.61. The summed E-state index contributed by atoms with van der Waals surface area (Å²) < 4.78 is 0. The molecule has 1 rings (SSSR count). The van der Waals surface area contributed by atoms with E-state index in [2.05, 4.69) is 19.1 Å². The largest absolute Gasteiger partial charge is 0.480 e. The van der Waals surface area contributed by atoms with E-state index in [4.69, 9.17) is 16.6 Å². The van der Waals surface area contributed by atoms with Crippen molar-refractivity contribution >= 4 is 5.97 Å². The minimum absolute atomic E-state index is 0.366. The molecule has 18 heavy (non-hydrogen) atoms. The molecule has 0 bridgehead atoms. The number of hydrogen-bond acceptors (Lipinski definition) is 3. The topological polar surface area (TPSA) is 89.3 Å². The maximum absolute atomic E-state index is 10.7. The van der Waals surface area contributed by atoms with Crippen LogP contribution >= 0.6 is 0 Å². The lowest BCUT2D eigenvalue weighted by atomic mass is 9.92. The van der Waals surface area contributed by atoms with Crippen LogP contribution in [0.2, 0.25) is 0 Å². The van der Waals surface area contributed by atoms with Crippen LogP contribution in [-0.2, 0) is 11.2 Å². The number of carbonyl (C=O) groups is 1. The van der Waals surface area contributed by atoms with Gasteiger partial charge in [0.1, 0.15) is 6.04 Å². The predicted molar refractivity (Wildman–Crippen MR) is 72.1 cm³/mol. The maximum Gasteiger partial charge on any atom is 0.322 e. The standard InChI is InChI=1S/C14H22N2O2/c1-10(9-12(15)13(16)14(17)18)7-8-11-5-3-2-4-6-11/h2-6,10,12-13H,7-9,15-16H2,1H3,(H,17,18). The van der Waals surface area contributed by atoms with Crippen LogP contribution in [0.1, 0.15) is 25.3 Å². The number of carboxylic acids is 1. The van der Waals surface area contributed by atoms with Crippen molar-refractivity contribution in [2.24, 2.45) is 17.4 Å². The summed E-state index contributed by atoms with van der Waals surface area (Å²) in [5.41, 5.74) is 12.6. The highest BCUT2D eigenvalue weighted by atomic mass is 16.4. The zero-order valence-electron chi connectivity index (χ0n) is 10.8. The van der Waals surface area contributed by atoms with Gasteiger partial charge in [-0.1, -0.05) is 37.3 Å². The molecule has 0 amide bonds. The van der Waals surface area contributed by atoms with Crippen molar-refractivity contribution in [3.05, 3.63) is 35.9 Å². The quantitative estimate of drug-likeness (QED) is 0.682. The number of hydrogen-bond donors (Lipinski definition) is 3. The first kappa shape index (κ1) is 14.7. The highest BCUT2D eigenvalue weighted by molar-refractivity contribution is 5.74. The Bertz CT molecular complexity index is 367. The summed E-state index contributed by atoms with van der Waals surface area (Å²) in [6, 6.07) is 8.77.